The van der Waals surface area contributed by atoms with E-state index in [4.69, 9.17) is 9.47 Å². The van der Waals surface area contributed by atoms with Gasteiger partial charge in [-0.2, -0.15) is 5.10 Å². The van der Waals surface area contributed by atoms with Crippen LogP contribution in [0.5, 0.6) is 11.5 Å². The van der Waals surface area contributed by atoms with E-state index in [9.17, 15) is 4.79 Å². The molecule has 3 aromatic rings. The van der Waals surface area contributed by atoms with Crippen LogP contribution in [0.25, 0.3) is 5.69 Å². The van der Waals surface area contributed by atoms with Crippen LogP contribution in [0.1, 0.15) is 17.4 Å². The van der Waals surface area contributed by atoms with Gasteiger partial charge in [0.15, 0.2) is 5.69 Å². The van der Waals surface area contributed by atoms with Gasteiger partial charge in [-0.05, 0) is 49.4 Å². The molecule has 5 heteroatoms. The van der Waals surface area contributed by atoms with E-state index >= 15 is 0 Å². The summed E-state index contributed by atoms with van der Waals surface area (Å²) in [6, 6.07) is 18.5. The maximum absolute atomic E-state index is 11.9. The van der Waals surface area contributed by atoms with Gasteiger partial charge in [-0.1, -0.05) is 18.2 Å². The average Bonchev–Trinajstić information content (AvgIpc) is 3.06. The smallest absolute Gasteiger partial charge is 0.357 e. The first-order chi connectivity index (χ1) is 11.3. The van der Waals surface area contributed by atoms with Crippen molar-refractivity contribution in [1.29, 1.82) is 0 Å². The molecule has 0 saturated heterocycles. The van der Waals surface area contributed by atoms with Crippen LogP contribution in [0.15, 0.2) is 66.9 Å². The Morgan fingerprint density at radius 3 is 2.39 bits per heavy atom. The fourth-order valence-corrected chi connectivity index (χ4v) is 2.15. The number of esters is 1. The van der Waals surface area contributed by atoms with E-state index in [1.807, 2.05) is 54.6 Å². The summed E-state index contributed by atoms with van der Waals surface area (Å²) in [6.07, 6.45) is 1.57. The van der Waals surface area contributed by atoms with Gasteiger partial charge in [0.1, 0.15) is 11.5 Å². The largest absolute Gasteiger partial charge is 0.461 e. The van der Waals surface area contributed by atoms with Gasteiger partial charge in [-0.3, -0.25) is 0 Å². The van der Waals surface area contributed by atoms with Gasteiger partial charge in [-0.15, -0.1) is 0 Å². The SMILES string of the molecule is CCOC(=O)c1ccnn1-c1ccc(Oc2ccccc2)cc1. The summed E-state index contributed by atoms with van der Waals surface area (Å²) in [5.41, 5.74) is 1.15. The standard InChI is InChI=1S/C18H16N2O3/c1-2-22-18(21)17-12-13-19-20(17)14-8-10-16(11-9-14)23-15-6-4-3-5-7-15/h3-13H,2H2,1H3. The number of hydrogen-bond acceptors (Lipinski definition) is 4. The van der Waals surface area contributed by atoms with Gasteiger partial charge in [0.05, 0.1) is 18.5 Å². The van der Waals surface area contributed by atoms with E-state index in [2.05, 4.69) is 5.10 Å². The number of aromatic nitrogens is 2. The van der Waals surface area contributed by atoms with Gasteiger partial charge in [0, 0.05) is 0 Å². The van der Waals surface area contributed by atoms with Crippen molar-refractivity contribution in [2.24, 2.45) is 0 Å². The fourth-order valence-electron chi connectivity index (χ4n) is 2.15. The van der Waals surface area contributed by atoms with E-state index in [1.54, 1.807) is 23.9 Å². The molecule has 0 aliphatic rings. The van der Waals surface area contributed by atoms with Crippen LogP contribution in [-0.4, -0.2) is 22.4 Å². The molecule has 2 aromatic carbocycles. The molecule has 0 unspecified atom stereocenters. The Balaban J connectivity index is 1.80. The van der Waals surface area contributed by atoms with Crippen molar-refractivity contribution in [1.82, 2.24) is 9.78 Å². The average molecular weight is 308 g/mol. The fraction of sp³-hybridized carbons (Fsp3) is 0.111. The molecule has 5 nitrogen and oxygen atoms in total. The molecule has 1 heterocycles. The summed E-state index contributed by atoms with van der Waals surface area (Å²) in [7, 11) is 0. The molecule has 0 aliphatic carbocycles. The molecule has 3 rings (SSSR count). The van der Waals surface area contributed by atoms with Crippen LogP contribution in [0.4, 0.5) is 0 Å². The number of carbonyl (C=O) groups excluding carboxylic acids is 1. The topological polar surface area (TPSA) is 53.3 Å². The predicted octanol–water partition coefficient (Wildman–Crippen LogP) is 3.84. The Bertz CT molecular complexity index is 780. The van der Waals surface area contributed by atoms with E-state index < -0.39 is 5.97 Å². The highest BCUT2D eigenvalue weighted by Crippen LogP contribution is 2.22. The molecule has 0 N–H and O–H groups in total. The maximum Gasteiger partial charge on any atom is 0.357 e. The molecule has 1 aromatic heterocycles. The zero-order valence-electron chi connectivity index (χ0n) is 12.7. The molecular weight excluding hydrogens is 292 g/mol. The van der Waals surface area contributed by atoms with Crippen molar-refractivity contribution in [3.63, 3.8) is 0 Å². The van der Waals surface area contributed by atoms with Crippen molar-refractivity contribution in [2.75, 3.05) is 6.61 Å². The normalized spacial score (nSPS) is 10.3. The van der Waals surface area contributed by atoms with Crippen molar-refractivity contribution >= 4 is 5.97 Å². The summed E-state index contributed by atoms with van der Waals surface area (Å²) in [6.45, 7) is 2.10. The highest BCUT2D eigenvalue weighted by molar-refractivity contribution is 5.88. The first-order valence-corrected chi connectivity index (χ1v) is 7.32. The second-order valence-electron chi connectivity index (χ2n) is 4.76. The lowest BCUT2D eigenvalue weighted by atomic mass is 10.3. The number of rotatable bonds is 5. The van der Waals surface area contributed by atoms with Gasteiger partial charge < -0.3 is 9.47 Å². The second kappa shape index (κ2) is 6.79. The van der Waals surface area contributed by atoms with E-state index in [-0.39, 0.29) is 0 Å². The quantitative estimate of drug-likeness (QED) is 0.672. The highest BCUT2D eigenvalue weighted by atomic mass is 16.5. The molecule has 0 radical (unpaired) electrons. The molecule has 116 valence electrons. The zero-order valence-corrected chi connectivity index (χ0v) is 12.7. The first-order valence-electron chi connectivity index (χ1n) is 7.32. The monoisotopic (exact) mass is 308 g/mol. The van der Waals surface area contributed by atoms with Crippen LogP contribution in [0.2, 0.25) is 0 Å². The molecule has 0 saturated carbocycles. The highest BCUT2D eigenvalue weighted by Gasteiger charge is 2.14. The van der Waals surface area contributed by atoms with E-state index in [1.165, 1.54) is 0 Å². The second-order valence-corrected chi connectivity index (χ2v) is 4.76. The Hall–Kier alpha value is -3.08. The third-order valence-corrected chi connectivity index (χ3v) is 3.19. The first kappa shape index (κ1) is 14.8. The lowest BCUT2D eigenvalue weighted by Crippen LogP contribution is -2.11. The van der Waals surface area contributed by atoms with Crippen LogP contribution in [0.3, 0.4) is 0 Å². The summed E-state index contributed by atoms with van der Waals surface area (Å²) in [5.74, 6) is 1.09. The van der Waals surface area contributed by atoms with Gasteiger partial charge >= 0.3 is 5.97 Å². The molecule has 23 heavy (non-hydrogen) atoms. The number of carbonyl (C=O) groups is 1. The Labute approximate surface area is 134 Å². The molecule has 0 aliphatic heterocycles. The molecule has 0 atom stereocenters. The molecule has 0 spiro atoms. The van der Waals surface area contributed by atoms with Crippen molar-refractivity contribution < 1.29 is 14.3 Å². The minimum Gasteiger partial charge on any atom is -0.461 e. The van der Waals surface area contributed by atoms with Crippen molar-refractivity contribution in [2.45, 2.75) is 6.92 Å². The lowest BCUT2D eigenvalue weighted by Gasteiger charge is -2.09. The van der Waals surface area contributed by atoms with Gasteiger partial charge in [-0.25, -0.2) is 9.48 Å². The van der Waals surface area contributed by atoms with Crippen molar-refractivity contribution in [3.8, 4) is 17.2 Å². The summed E-state index contributed by atoms with van der Waals surface area (Å²) < 4.78 is 12.3. The Kier molecular flexibility index (Phi) is 4.38. The van der Waals surface area contributed by atoms with Crippen LogP contribution in [0, 0.1) is 0 Å². The lowest BCUT2D eigenvalue weighted by molar-refractivity contribution is 0.0516. The Morgan fingerprint density at radius 2 is 1.70 bits per heavy atom. The van der Waals surface area contributed by atoms with Crippen LogP contribution >= 0.6 is 0 Å². The summed E-state index contributed by atoms with van der Waals surface area (Å²) in [4.78, 5) is 11.9. The molecule has 0 fully saturated rings. The predicted molar refractivity (Wildman–Crippen MR) is 86.0 cm³/mol. The van der Waals surface area contributed by atoms with Crippen molar-refractivity contribution in [3.05, 3.63) is 72.6 Å². The van der Waals surface area contributed by atoms with Gasteiger partial charge in [0.25, 0.3) is 0 Å². The summed E-state index contributed by atoms with van der Waals surface area (Å²) in [5, 5.41) is 4.18. The minimum atomic E-state index is -0.394. The zero-order chi connectivity index (χ0) is 16.1. The van der Waals surface area contributed by atoms with E-state index in [0.29, 0.717) is 18.1 Å². The number of para-hydroxylation sites is 1. The Morgan fingerprint density at radius 1 is 1.00 bits per heavy atom. The number of hydrogen-bond donors (Lipinski definition) is 0. The molecule has 0 bridgehead atoms. The minimum absolute atomic E-state index is 0.327. The molecular formula is C18H16N2O3. The third kappa shape index (κ3) is 3.40. The summed E-state index contributed by atoms with van der Waals surface area (Å²) >= 11 is 0. The third-order valence-electron chi connectivity index (χ3n) is 3.19. The number of nitrogens with zero attached hydrogens (tertiary/aromatic N) is 2. The van der Waals surface area contributed by atoms with E-state index in [0.717, 1.165) is 11.4 Å². The number of benzene rings is 2. The van der Waals surface area contributed by atoms with Crippen LogP contribution in [-0.2, 0) is 4.74 Å². The van der Waals surface area contributed by atoms with Crippen LogP contribution < -0.4 is 4.74 Å². The maximum atomic E-state index is 11.9. The van der Waals surface area contributed by atoms with Gasteiger partial charge in [0.2, 0.25) is 0 Å². The molecule has 0 amide bonds. The number of ether oxygens (including phenoxy) is 2.